The largest absolute Gasteiger partial charge is 0.491 e. The highest BCUT2D eigenvalue weighted by atomic mass is 79.9. The molecule has 0 radical (unpaired) electrons. The number of benzene rings is 2. The van der Waals surface area contributed by atoms with Crippen molar-refractivity contribution in [2.75, 3.05) is 20.3 Å². The van der Waals surface area contributed by atoms with Gasteiger partial charge in [0.1, 0.15) is 18.4 Å². The van der Waals surface area contributed by atoms with Crippen molar-refractivity contribution in [2.45, 2.75) is 56.7 Å². The van der Waals surface area contributed by atoms with Gasteiger partial charge in [-0.2, -0.15) is 0 Å². The van der Waals surface area contributed by atoms with Crippen LogP contribution < -0.4 is 4.74 Å². The molecule has 1 aliphatic carbocycles. The number of thiocarbonyl (C=S) groups is 1. The number of rotatable bonds is 6. The number of halogens is 1. The predicted octanol–water partition coefficient (Wildman–Crippen LogP) is 5.73. The van der Waals surface area contributed by atoms with E-state index in [0.29, 0.717) is 24.7 Å². The number of H-pyrrole nitrogens is 1. The van der Waals surface area contributed by atoms with E-state index < -0.39 is 0 Å². The number of ether oxygens (including phenoxy) is 2. The Morgan fingerprint density at radius 2 is 1.86 bits per heavy atom. The monoisotopic (exact) mass is 567 g/mol. The maximum atomic E-state index is 13.9. The molecule has 1 N–H and O–H groups in total. The Morgan fingerprint density at radius 3 is 2.61 bits per heavy atom. The quantitative estimate of drug-likeness (QED) is 0.304. The molecule has 0 spiro atoms. The lowest BCUT2D eigenvalue weighted by molar-refractivity contribution is -0.130. The van der Waals surface area contributed by atoms with Crippen LogP contribution in [-0.4, -0.2) is 58.2 Å². The Hall–Kier alpha value is -2.42. The predicted molar refractivity (Wildman–Crippen MR) is 147 cm³/mol. The average molecular weight is 569 g/mol. The number of carbonyl (C=O) groups is 1. The number of fused-ring (bicyclic) bond motifs is 4. The fraction of sp³-hybridized carbons (Fsp3) is 0.429. The molecule has 6 nitrogen and oxygen atoms in total. The Bertz CT molecular complexity index is 1300. The molecule has 36 heavy (non-hydrogen) atoms. The fourth-order valence-electron chi connectivity index (χ4n) is 6.13. The van der Waals surface area contributed by atoms with Gasteiger partial charge in [0.25, 0.3) is 5.91 Å². The van der Waals surface area contributed by atoms with Gasteiger partial charge in [0.2, 0.25) is 0 Å². The molecule has 1 saturated heterocycles. The van der Waals surface area contributed by atoms with Crippen molar-refractivity contribution in [3.8, 4) is 5.75 Å². The summed E-state index contributed by atoms with van der Waals surface area (Å²) in [5, 5.41) is 1.84. The number of hydrogen-bond donors (Lipinski definition) is 1. The Kier molecular flexibility index (Phi) is 6.52. The van der Waals surface area contributed by atoms with Crippen LogP contribution in [0.4, 0.5) is 0 Å². The van der Waals surface area contributed by atoms with Crippen LogP contribution in [-0.2, 0) is 16.0 Å². The molecule has 8 heteroatoms. The molecule has 0 bridgehead atoms. The summed E-state index contributed by atoms with van der Waals surface area (Å²) < 4.78 is 11.9. The average Bonchev–Trinajstić information content (AvgIpc) is 3.38. The molecular weight excluding hydrogens is 538 g/mol. The van der Waals surface area contributed by atoms with Crippen molar-refractivity contribution in [3.05, 3.63) is 63.8 Å². The number of hydrogen-bond acceptors (Lipinski definition) is 4. The van der Waals surface area contributed by atoms with Crippen LogP contribution >= 0.6 is 28.1 Å². The van der Waals surface area contributed by atoms with Gasteiger partial charge in [-0.1, -0.05) is 47.3 Å². The molecule has 2 atom stereocenters. The zero-order valence-corrected chi connectivity index (χ0v) is 22.7. The SMILES string of the molecule is COCCOc1ccc([C@@H]2c3[nH]c4ccc(Br)cc4c3C[C@H]3C(=O)N(C4CCCCC4)C(=S)N23)cc1. The third kappa shape index (κ3) is 4.03. The van der Waals surface area contributed by atoms with E-state index >= 15 is 0 Å². The lowest BCUT2D eigenvalue weighted by Crippen LogP contribution is -2.44. The Morgan fingerprint density at radius 1 is 1.08 bits per heavy atom. The highest BCUT2D eigenvalue weighted by Gasteiger charge is 2.52. The van der Waals surface area contributed by atoms with Gasteiger partial charge in [0.05, 0.1) is 12.6 Å². The third-order valence-corrected chi connectivity index (χ3v) is 8.73. The topological polar surface area (TPSA) is 57.8 Å². The standard InChI is InChI=1S/C28H30BrN3O3S/c1-34-13-14-35-20-10-7-17(8-11-20)26-25-22(21-15-18(29)9-12-23(21)30-25)16-24-27(33)31(28(36)32(24)26)19-5-3-2-4-6-19/h7-12,15,19,24,26,30H,2-6,13-14,16H2,1H3/t24-,26+/m0/s1. The first-order valence-electron chi connectivity index (χ1n) is 12.7. The molecular formula is C28H30BrN3O3S. The third-order valence-electron chi connectivity index (χ3n) is 7.83. The second kappa shape index (κ2) is 9.80. The van der Waals surface area contributed by atoms with Gasteiger partial charge in [-0.15, -0.1) is 0 Å². The van der Waals surface area contributed by atoms with Crippen molar-refractivity contribution in [2.24, 2.45) is 0 Å². The van der Waals surface area contributed by atoms with E-state index in [9.17, 15) is 4.79 Å². The van der Waals surface area contributed by atoms with Gasteiger partial charge in [0.15, 0.2) is 5.11 Å². The molecule has 188 valence electrons. The van der Waals surface area contributed by atoms with Crippen LogP contribution in [0, 0.1) is 0 Å². The first-order chi connectivity index (χ1) is 17.6. The van der Waals surface area contributed by atoms with Crippen LogP contribution in [0.3, 0.4) is 0 Å². The molecule has 1 aromatic heterocycles. The van der Waals surface area contributed by atoms with Gasteiger partial charge in [-0.3, -0.25) is 9.69 Å². The maximum absolute atomic E-state index is 13.9. The van der Waals surface area contributed by atoms with Crippen LogP contribution in [0.1, 0.15) is 55.0 Å². The van der Waals surface area contributed by atoms with Crippen molar-refractivity contribution >= 4 is 50.1 Å². The first kappa shape index (κ1) is 23.9. The summed E-state index contributed by atoms with van der Waals surface area (Å²) in [4.78, 5) is 21.7. The lowest BCUT2D eigenvalue weighted by atomic mass is 9.88. The highest BCUT2D eigenvalue weighted by Crippen LogP contribution is 2.45. The van der Waals surface area contributed by atoms with E-state index in [2.05, 4.69) is 50.1 Å². The van der Waals surface area contributed by atoms with Crippen molar-refractivity contribution in [1.29, 1.82) is 0 Å². The summed E-state index contributed by atoms with van der Waals surface area (Å²) in [6, 6.07) is 14.2. The molecule has 1 amide bonds. The Labute approximate surface area is 225 Å². The molecule has 6 rings (SSSR count). The smallest absolute Gasteiger partial charge is 0.252 e. The zero-order valence-electron chi connectivity index (χ0n) is 20.3. The molecule has 1 saturated carbocycles. The molecule has 2 aromatic carbocycles. The minimum Gasteiger partial charge on any atom is -0.491 e. The highest BCUT2D eigenvalue weighted by molar-refractivity contribution is 9.10. The number of aromatic amines is 1. The summed E-state index contributed by atoms with van der Waals surface area (Å²) in [6.45, 7) is 1.05. The van der Waals surface area contributed by atoms with E-state index in [1.165, 1.54) is 17.4 Å². The number of amides is 1. The molecule has 2 aliphatic heterocycles. The van der Waals surface area contributed by atoms with Crippen molar-refractivity contribution in [3.63, 3.8) is 0 Å². The molecule has 3 aliphatic rings. The van der Waals surface area contributed by atoms with Crippen LogP contribution in [0.2, 0.25) is 0 Å². The molecule has 3 heterocycles. The van der Waals surface area contributed by atoms with E-state index in [1.807, 2.05) is 23.1 Å². The van der Waals surface area contributed by atoms with Crippen LogP contribution in [0.25, 0.3) is 10.9 Å². The second-order valence-corrected chi connectivity index (χ2v) is 11.2. The van der Waals surface area contributed by atoms with E-state index in [4.69, 9.17) is 21.7 Å². The number of carbonyl (C=O) groups excluding carboxylic acids is 1. The van der Waals surface area contributed by atoms with E-state index in [1.54, 1.807) is 7.11 Å². The zero-order chi connectivity index (χ0) is 24.8. The number of nitrogens with zero attached hydrogens (tertiary/aromatic N) is 2. The van der Waals surface area contributed by atoms with E-state index in [0.717, 1.165) is 52.7 Å². The normalized spacial score (nSPS) is 22.3. The summed E-state index contributed by atoms with van der Waals surface area (Å²) in [5.74, 6) is 0.958. The van der Waals surface area contributed by atoms with Gasteiger partial charge >= 0.3 is 0 Å². The Balaban J connectivity index is 1.43. The van der Waals surface area contributed by atoms with Crippen LogP contribution in [0.5, 0.6) is 5.75 Å². The van der Waals surface area contributed by atoms with Crippen molar-refractivity contribution in [1.82, 2.24) is 14.8 Å². The minimum absolute atomic E-state index is 0.159. The maximum Gasteiger partial charge on any atom is 0.252 e. The number of nitrogens with one attached hydrogen (secondary N) is 1. The molecule has 3 aromatic rings. The summed E-state index contributed by atoms with van der Waals surface area (Å²) in [5.41, 5.74) is 4.50. The molecule has 2 fully saturated rings. The lowest BCUT2D eigenvalue weighted by Gasteiger charge is -2.38. The van der Waals surface area contributed by atoms with Crippen LogP contribution in [0.15, 0.2) is 46.9 Å². The minimum atomic E-state index is -0.285. The summed E-state index contributed by atoms with van der Waals surface area (Å²) >= 11 is 9.71. The molecule has 0 unspecified atom stereocenters. The van der Waals surface area contributed by atoms with E-state index in [-0.39, 0.29) is 24.0 Å². The summed E-state index contributed by atoms with van der Waals surface area (Å²) in [6.07, 6.45) is 6.28. The second-order valence-electron chi connectivity index (χ2n) is 9.93. The van der Waals surface area contributed by atoms with Gasteiger partial charge in [-0.05, 0) is 66.5 Å². The van der Waals surface area contributed by atoms with Gasteiger partial charge in [-0.25, -0.2) is 0 Å². The van der Waals surface area contributed by atoms with Gasteiger partial charge in [0, 0.05) is 40.6 Å². The van der Waals surface area contributed by atoms with Gasteiger partial charge < -0.3 is 19.4 Å². The number of aromatic nitrogens is 1. The summed E-state index contributed by atoms with van der Waals surface area (Å²) in [7, 11) is 1.67. The fourth-order valence-corrected chi connectivity index (χ4v) is 6.96. The van der Waals surface area contributed by atoms with Crippen molar-refractivity contribution < 1.29 is 14.3 Å². The number of methoxy groups -OCH3 is 1. The first-order valence-corrected chi connectivity index (χ1v) is 13.9.